The Bertz CT molecular complexity index is 761. The largest absolute Gasteiger partial charge is 0.319 e. The molecule has 0 spiro atoms. The van der Waals surface area contributed by atoms with E-state index < -0.39 is 0 Å². The number of carbonyl (C=O) groups excluding carboxylic acids is 1. The van der Waals surface area contributed by atoms with Gasteiger partial charge in [-0.2, -0.15) is 5.10 Å². The highest BCUT2D eigenvalue weighted by Crippen LogP contribution is 2.13. The number of amides is 1. The van der Waals surface area contributed by atoms with Crippen LogP contribution in [0.5, 0.6) is 0 Å². The van der Waals surface area contributed by atoms with Gasteiger partial charge >= 0.3 is 0 Å². The number of anilines is 1. The molecule has 0 aliphatic heterocycles. The molecule has 0 aliphatic rings. The van der Waals surface area contributed by atoms with Gasteiger partial charge in [0.15, 0.2) is 0 Å². The van der Waals surface area contributed by atoms with Crippen LogP contribution in [0, 0.1) is 5.82 Å². The van der Waals surface area contributed by atoms with Crippen LogP contribution in [0.25, 0.3) is 5.69 Å². The number of hydrogen-bond donors (Lipinski definition) is 1. The second-order valence-corrected chi connectivity index (χ2v) is 4.47. The summed E-state index contributed by atoms with van der Waals surface area (Å²) in [5.74, 6) is -0.502. The highest BCUT2D eigenvalue weighted by molar-refractivity contribution is 6.04. The smallest absolute Gasteiger partial charge is 0.255 e. The highest BCUT2D eigenvalue weighted by Gasteiger charge is 2.07. The summed E-state index contributed by atoms with van der Waals surface area (Å²) in [6.07, 6.45) is 3.22. The number of benzene rings is 2. The Kier molecular flexibility index (Phi) is 6.75. The summed E-state index contributed by atoms with van der Waals surface area (Å²) in [6, 6.07) is 14.9. The fraction of sp³-hybridized carbons (Fsp3) is 0. The Balaban J connectivity index is 0.00000132. The van der Waals surface area contributed by atoms with Crippen LogP contribution in [0.15, 0.2) is 67.0 Å². The van der Waals surface area contributed by atoms with Crippen molar-refractivity contribution in [3.63, 3.8) is 0 Å². The first-order chi connectivity index (χ1) is 10.2. The lowest BCUT2D eigenvalue weighted by molar-refractivity contribution is 0.102. The van der Waals surface area contributed by atoms with Crippen molar-refractivity contribution in [2.45, 2.75) is 0 Å². The Labute approximate surface area is 145 Å². The standard InChI is InChI=1S/C16H12FN3O.2ClH/c17-13-6-8-15(9-7-13)20-11-14(10-18-20)19-16(21)12-4-2-1-3-5-12;;/h1-11H,(H,19,21);2*1H. The van der Waals surface area contributed by atoms with Crippen molar-refractivity contribution < 1.29 is 9.18 Å². The second kappa shape index (κ2) is 8.31. The van der Waals surface area contributed by atoms with E-state index in [9.17, 15) is 9.18 Å². The van der Waals surface area contributed by atoms with Crippen LogP contribution < -0.4 is 5.32 Å². The molecule has 0 aliphatic carbocycles. The van der Waals surface area contributed by atoms with Crippen molar-refractivity contribution in [1.29, 1.82) is 0 Å². The van der Waals surface area contributed by atoms with Crippen molar-refractivity contribution in [2.75, 3.05) is 5.32 Å². The Morgan fingerprint density at radius 1 is 1.00 bits per heavy atom. The molecule has 0 fully saturated rings. The topological polar surface area (TPSA) is 46.9 Å². The summed E-state index contributed by atoms with van der Waals surface area (Å²) in [7, 11) is 0. The number of halogens is 3. The average molecular weight is 354 g/mol. The first kappa shape index (κ1) is 18.7. The summed E-state index contributed by atoms with van der Waals surface area (Å²) in [6.45, 7) is 0. The van der Waals surface area contributed by atoms with Gasteiger partial charge in [-0.15, -0.1) is 24.8 Å². The van der Waals surface area contributed by atoms with Crippen LogP contribution in [0.2, 0.25) is 0 Å². The van der Waals surface area contributed by atoms with E-state index >= 15 is 0 Å². The van der Waals surface area contributed by atoms with Gasteiger partial charge in [-0.05, 0) is 36.4 Å². The molecular formula is C16H14Cl2FN3O. The molecular weight excluding hydrogens is 340 g/mol. The molecule has 0 bridgehead atoms. The maximum atomic E-state index is 12.9. The Morgan fingerprint density at radius 2 is 1.65 bits per heavy atom. The molecule has 0 unspecified atom stereocenters. The summed E-state index contributed by atoms with van der Waals surface area (Å²) in [4.78, 5) is 12.0. The van der Waals surface area contributed by atoms with E-state index in [1.807, 2.05) is 6.07 Å². The molecule has 3 rings (SSSR count). The second-order valence-electron chi connectivity index (χ2n) is 4.47. The number of aromatic nitrogens is 2. The van der Waals surface area contributed by atoms with Gasteiger partial charge in [0.05, 0.1) is 23.8 Å². The molecule has 2 aromatic carbocycles. The molecule has 120 valence electrons. The molecule has 7 heteroatoms. The zero-order valence-electron chi connectivity index (χ0n) is 11.8. The van der Waals surface area contributed by atoms with E-state index in [1.54, 1.807) is 53.5 Å². The van der Waals surface area contributed by atoms with Gasteiger partial charge in [-0.1, -0.05) is 18.2 Å². The average Bonchev–Trinajstić information content (AvgIpc) is 2.97. The zero-order valence-corrected chi connectivity index (χ0v) is 13.5. The van der Waals surface area contributed by atoms with Gasteiger partial charge in [0.2, 0.25) is 0 Å². The molecule has 1 aromatic heterocycles. The Hall–Kier alpha value is -2.37. The maximum Gasteiger partial charge on any atom is 0.255 e. The van der Waals surface area contributed by atoms with Gasteiger partial charge in [0.25, 0.3) is 5.91 Å². The van der Waals surface area contributed by atoms with E-state index in [1.165, 1.54) is 12.1 Å². The molecule has 1 amide bonds. The fourth-order valence-corrected chi connectivity index (χ4v) is 1.92. The van der Waals surface area contributed by atoms with E-state index in [-0.39, 0.29) is 36.5 Å². The summed E-state index contributed by atoms with van der Waals surface area (Å²) >= 11 is 0. The lowest BCUT2D eigenvalue weighted by Crippen LogP contribution is -2.10. The van der Waals surface area contributed by atoms with Gasteiger partial charge in [-0.25, -0.2) is 9.07 Å². The predicted octanol–water partition coefficient (Wildman–Crippen LogP) is 4.11. The predicted molar refractivity (Wildman–Crippen MR) is 92.4 cm³/mol. The van der Waals surface area contributed by atoms with Crippen molar-refractivity contribution in [3.05, 3.63) is 78.4 Å². The van der Waals surface area contributed by atoms with Gasteiger partial charge in [0.1, 0.15) is 5.82 Å². The molecule has 0 saturated carbocycles. The SMILES string of the molecule is Cl.Cl.O=C(Nc1cnn(-c2ccc(F)cc2)c1)c1ccccc1. The monoisotopic (exact) mass is 353 g/mol. The van der Waals surface area contributed by atoms with Crippen LogP contribution >= 0.6 is 24.8 Å². The third-order valence-corrected chi connectivity index (χ3v) is 2.97. The van der Waals surface area contributed by atoms with E-state index in [0.29, 0.717) is 11.3 Å². The first-order valence-corrected chi connectivity index (χ1v) is 6.39. The number of rotatable bonds is 3. The molecule has 0 radical (unpaired) electrons. The van der Waals surface area contributed by atoms with Crippen molar-refractivity contribution in [3.8, 4) is 5.69 Å². The zero-order chi connectivity index (χ0) is 14.7. The third kappa shape index (κ3) is 4.55. The maximum absolute atomic E-state index is 12.9. The fourth-order valence-electron chi connectivity index (χ4n) is 1.92. The van der Waals surface area contributed by atoms with Crippen molar-refractivity contribution in [2.24, 2.45) is 0 Å². The molecule has 23 heavy (non-hydrogen) atoms. The Morgan fingerprint density at radius 3 is 2.30 bits per heavy atom. The summed E-state index contributed by atoms with van der Waals surface area (Å²) < 4.78 is 14.5. The molecule has 1 N–H and O–H groups in total. The lowest BCUT2D eigenvalue weighted by Gasteiger charge is -2.02. The number of hydrogen-bond acceptors (Lipinski definition) is 2. The van der Waals surface area contributed by atoms with Crippen LogP contribution in [0.4, 0.5) is 10.1 Å². The van der Waals surface area contributed by atoms with Crippen molar-refractivity contribution >= 4 is 36.4 Å². The first-order valence-electron chi connectivity index (χ1n) is 6.39. The van der Waals surface area contributed by atoms with E-state index in [2.05, 4.69) is 10.4 Å². The molecule has 4 nitrogen and oxygen atoms in total. The normalized spacial score (nSPS) is 9.43. The summed E-state index contributed by atoms with van der Waals surface area (Å²) in [5, 5.41) is 6.91. The summed E-state index contributed by atoms with van der Waals surface area (Å²) in [5.41, 5.74) is 1.87. The number of carbonyl (C=O) groups is 1. The molecule has 0 saturated heterocycles. The van der Waals surface area contributed by atoms with Gasteiger partial charge in [0, 0.05) is 5.56 Å². The number of nitrogens with one attached hydrogen (secondary N) is 1. The third-order valence-electron chi connectivity index (χ3n) is 2.97. The minimum Gasteiger partial charge on any atom is -0.319 e. The van der Waals surface area contributed by atoms with Crippen molar-refractivity contribution in [1.82, 2.24) is 9.78 Å². The molecule has 3 aromatic rings. The molecule has 0 atom stereocenters. The van der Waals surface area contributed by atoms with E-state index in [0.717, 1.165) is 5.69 Å². The van der Waals surface area contributed by atoms with Gasteiger partial charge in [-0.3, -0.25) is 4.79 Å². The minimum absolute atomic E-state index is 0. The quantitative estimate of drug-likeness (QED) is 0.770. The minimum atomic E-state index is -0.302. The van der Waals surface area contributed by atoms with Crippen LogP contribution in [-0.2, 0) is 0 Å². The van der Waals surface area contributed by atoms with Crippen LogP contribution in [0.1, 0.15) is 10.4 Å². The highest BCUT2D eigenvalue weighted by atomic mass is 35.5. The van der Waals surface area contributed by atoms with Crippen LogP contribution in [0.3, 0.4) is 0 Å². The van der Waals surface area contributed by atoms with Gasteiger partial charge < -0.3 is 5.32 Å². The van der Waals surface area contributed by atoms with E-state index in [4.69, 9.17) is 0 Å². The number of nitrogens with zero attached hydrogens (tertiary/aromatic N) is 2. The lowest BCUT2D eigenvalue weighted by atomic mass is 10.2. The molecule has 1 heterocycles. The van der Waals surface area contributed by atoms with Crippen LogP contribution in [-0.4, -0.2) is 15.7 Å².